The summed E-state index contributed by atoms with van der Waals surface area (Å²) >= 11 is 5.84. The number of aromatic nitrogens is 2. The lowest BCUT2D eigenvalue weighted by Gasteiger charge is -2.04. The average molecular weight is 304 g/mol. The van der Waals surface area contributed by atoms with Crippen molar-refractivity contribution in [1.29, 1.82) is 0 Å². The lowest BCUT2D eigenvalue weighted by atomic mass is 10.3. The normalized spacial score (nSPS) is 11.4. The van der Waals surface area contributed by atoms with Crippen LogP contribution in [0.3, 0.4) is 0 Å². The van der Waals surface area contributed by atoms with Crippen molar-refractivity contribution < 1.29 is 18.0 Å². The van der Waals surface area contributed by atoms with Crippen LogP contribution in [-0.4, -0.2) is 15.7 Å². The Morgan fingerprint density at radius 1 is 1.35 bits per heavy atom. The highest BCUT2D eigenvalue weighted by Gasteiger charge is 2.35. The first kappa shape index (κ1) is 14.4. The maximum atomic E-state index is 12.6. The third-order valence-electron chi connectivity index (χ3n) is 2.52. The van der Waals surface area contributed by atoms with Gasteiger partial charge in [-0.1, -0.05) is 23.7 Å². The van der Waals surface area contributed by atoms with Crippen molar-refractivity contribution in [2.75, 3.05) is 5.32 Å². The number of benzene rings is 1. The highest BCUT2D eigenvalue weighted by Crippen LogP contribution is 2.29. The Kier molecular flexibility index (Phi) is 3.71. The second-order valence-corrected chi connectivity index (χ2v) is 4.38. The van der Waals surface area contributed by atoms with Gasteiger partial charge in [0.25, 0.3) is 5.91 Å². The number of anilines is 1. The van der Waals surface area contributed by atoms with Gasteiger partial charge >= 0.3 is 6.18 Å². The summed E-state index contributed by atoms with van der Waals surface area (Å²) in [5, 5.41) is 6.23. The van der Waals surface area contributed by atoms with Gasteiger partial charge in [0.2, 0.25) is 0 Å². The summed E-state index contributed by atoms with van der Waals surface area (Å²) < 4.78 is 38.4. The number of nitrogens with zero attached hydrogens (tertiary/aromatic N) is 2. The second-order valence-electron chi connectivity index (χ2n) is 3.97. The third kappa shape index (κ3) is 2.93. The van der Waals surface area contributed by atoms with E-state index in [1.54, 1.807) is 18.2 Å². The molecule has 0 saturated carbocycles. The standard InChI is InChI=1S/C12H9ClF3N3O/c1-19-10(12(14,15)16)6-9(18-19)11(20)17-8-5-3-2-4-7(8)13/h2-6H,1H3,(H,17,20). The van der Waals surface area contributed by atoms with Crippen molar-refractivity contribution in [1.82, 2.24) is 9.78 Å². The number of alkyl halides is 3. The molecule has 1 N–H and O–H groups in total. The monoisotopic (exact) mass is 303 g/mol. The third-order valence-corrected chi connectivity index (χ3v) is 2.85. The molecule has 20 heavy (non-hydrogen) atoms. The Morgan fingerprint density at radius 3 is 2.55 bits per heavy atom. The number of aryl methyl sites for hydroxylation is 1. The summed E-state index contributed by atoms with van der Waals surface area (Å²) in [6.45, 7) is 0. The second kappa shape index (κ2) is 5.16. The molecule has 0 radical (unpaired) electrons. The molecule has 1 aromatic heterocycles. The SMILES string of the molecule is Cn1nc(C(=O)Nc2ccccc2Cl)cc1C(F)(F)F. The van der Waals surface area contributed by atoms with Crippen LogP contribution in [0.1, 0.15) is 16.2 Å². The number of para-hydroxylation sites is 1. The molecule has 8 heteroatoms. The highest BCUT2D eigenvalue weighted by atomic mass is 35.5. The molecule has 0 fully saturated rings. The number of hydrogen-bond donors (Lipinski definition) is 1. The predicted molar refractivity (Wildman–Crippen MR) is 67.6 cm³/mol. The zero-order chi connectivity index (χ0) is 14.9. The van der Waals surface area contributed by atoms with Crippen LogP contribution < -0.4 is 5.32 Å². The zero-order valence-corrected chi connectivity index (χ0v) is 11.0. The molecule has 0 bridgehead atoms. The van der Waals surface area contributed by atoms with Crippen molar-refractivity contribution in [3.05, 3.63) is 46.7 Å². The maximum absolute atomic E-state index is 12.6. The van der Waals surface area contributed by atoms with E-state index in [1.807, 2.05) is 0 Å². The lowest BCUT2D eigenvalue weighted by molar-refractivity contribution is -0.143. The summed E-state index contributed by atoms with van der Waals surface area (Å²) in [6, 6.07) is 7.08. The van der Waals surface area contributed by atoms with Gasteiger partial charge < -0.3 is 5.32 Å². The smallest absolute Gasteiger partial charge is 0.319 e. The maximum Gasteiger partial charge on any atom is 0.433 e. The van der Waals surface area contributed by atoms with E-state index in [0.717, 1.165) is 7.05 Å². The van der Waals surface area contributed by atoms with Crippen LogP contribution in [-0.2, 0) is 13.2 Å². The minimum atomic E-state index is -4.56. The van der Waals surface area contributed by atoms with Gasteiger partial charge in [0.1, 0.15) is 5.69 Å². The summed E-state index contributed by atoms with van der Waals surface area (Å²) in [5.41, 5.74) is -1.03. The number of amides is 1. The average Bonchev–Trinajstić information content (AvgIpc) is 2.74. The minimum absolute atomic E-state index is 0.285. The quantitative estimate of drug-likeness (QED) is 0.925. The van der Waals surface area contributed by atoms with Crippen LogP contribution in [0.4, 0.5) is 18.9 Å². The van der Waals surface area contributed by atoms with Crippen LogP contribution in [0.15, 0.2) is 30.3 Å². The Hall–Kier alpha value is -2.02. The number of hydrogen-bond acceptors (Lipinski definition) is 2. The van der Waals surface area contributed by atoms with Crippen LogP contribution in [0, 0.1) is 0 Å². The summed E-state index contributed by atoms with van der Waals surface area (Å²) in [7, 11) is 1.12. The number of carbonyl (C=O) groups is 1. The van der Waals surface area contributed by atoms with E-state index < -0.39 is 17.8 Å². The minimum Gasteiger partial charge on any atom is -0.319 e. The van der Waals surface area contributed by atoms with Crippen LogP contribution in [0.25, 0.3) is 0 Å². The Morgan fingerprint density at radius 2 is 2.00 bits per heavy atom. The van der Waals surface area contributed by atoms with Crippen LogP contribution in [0.2, 0.25) is 5.02 Å². The summed E-state index contributed by atoms with van der Waals surface area (Å²) in [6.07, 6.45) is -4.56. The largest absolute Gasteiger partial charge is 0.433 e. The highest BCUT2D eigenvalue weighted by molar-refractivity contribution is 6.33. The van der Waals surface area contributed by atoms with Crippen molar-refractivity contribution in [2.45, 2.75) is 6.18 Å². The van der Waals surface area contributed by atoms with Crippen molar-refractivity contribution >= 4 is 23.2 Å². The van der Waals surface area contributed by atoms with E-state index >= 15 is 0 Å². The molecule has 0 atom stereocenters. The van der Waals surface area contributed by atoms with E-state index in [-0.39, 0.29) is 10.7 Å². The number of halogens is 4. The van der Waals surface area contributed by atoms with Gasteiger partial charge in [-0.25, -0.2) is 0 Å². The van der Waals surface area contributed by atoms with E-state index in [0.29, 0.717) is 16.4 Å². The van der Waals surface area contributed by atoms with Gasteiger partial charge in [0.05, 0.1) is 10.7 Å². The molecule has 0 spiro atoms. The first-order valence-electron chi connectivity index (χ1n) is 5.46. The number of nitrogens with one attached hydrogen (secondary N) is 1. The molecular formula is C12H9ClF3N3O. The molecule has 106 valence electrons. The van der Waals surface area contributed by atoms with Crippen molar-refractivity contribution in [2.24, 2.45) is 7.05 Å². The fourth-order valence-corrected chi connectivity index (χ4v) is 1.78. The van der Waals surface area contributed by atoms with Gasteiger partial charge in [-0.05, 0) is 12.1 Å². The fourth-order valence-electron chi connectivity index (χ4n) is 1.59. The van der Waals surface area contributed by atoms with E-state index in [9.17, 15) is 18.0 Å². The Labute approximate surface area is 117 Å². The van der Waals surface area contributed by atoms with Crippen LogP contribution in [0.5, 0.6) is 0 Å². The topological polar surface area (TPSA) is 46.9 Å². The first-order chi connectivity index (χ1) is 9.29. The van der Waals surface area contributed by atoms with E-state index in [4.69, 9.17) is 11.6 Å². The fraction of sp³-hybridized carbons (Fsp3) is 0.167. The van der Waals surface area contributed by atoms with Gasteiger partial charge in [0.15, 0.2) is 5.69 Å². The first-order valence-corrected chi connectivity index (χ1v) is 5.84. The number of carbonyl (C=O) groups excluding carboxylic acids is 1. The number of rotatable bonds is 2. The van der Waals surface area contributed by atoms with E-state index in [1.165, 1.54) is 6.07 Å². The van der Waals surface area contributed by atoms with Gasteiger partial charge in [-0.3, -0.25) is 9.48 Å². The lowest BCUT2D eigenvalue weighted by Crippen LogP contribution is -2.13. The molecule has 0 unspecified atom stereocenters. The Bertz CT molecular complexity index is 652. The van der Waals surface area contributed by atoms with Crippen LogP contribution >= 0.6 is 11.6 Å². The molecule has 0 saturated heterocycles. The molecule has 1 amide bonds. The summed E-state index contributed by atoms with van der Waals surface area (Å²) in [4.78, 5) is 11.8. The molecule has 0 aliphatic heterocycles. The molecule has 4 nitrogen and oxygen atoms in total. The molecular weight excluding hydrogens is 295 g/mol. The van der Waals surface area contributed by atoms with Crippen molar-refractivity contribution in [3.8, 4) is 0 Å². The van der Waals surface area contributed by atoms with Gasteiger partial charge in [0, 0.05) is 13.1 Å². The molecule has 0 aliphatic rings. The molecule has 1 aromatic carbocycles. The molecule has 1 heterocycles. The molecule has 2 rings (SSSR count). The zero-order valence-electron chi connectivity index (χ0n) is 10.2. The molecule has 2 aromatic rings. The van der Waals surface area contributed by atoms with Gasteiger partial charge in [-0.2, -0.15) is 18.3 Å². The van der Waals surface area contributed by atoms with Crippen molar-refractivity contribution in [3.63, 3.8) is 0 Å². The predicted octanol–water partition coefficient (Wildman–Crippen LogP) is 3.34. The Balaban J connectivity index is 2.25. The van der Waals surface area contributed by atoms with E-state index in [2.05, 4.69) is 10.4 Å². The van der Waals surface area contributed by atoms with Gasteiger partial charge in [-0.15, -0.1) is 0 Å². The summed E-state index contributed by atoms with van der Waals surface area (Å²) in [5.74, 6) is -0.760. The molecule has 0 aliphatic carbocycles.